The third-order valence-corrected chi connectivity index (χ3v) is 2.53. The highest BCUT2D eigenvalue weighted by molar-refractivity contribution is 5.53. The number of ether oxygens (including phenoxy) is 1. The summed E-state index contributed by atoms with van der Waals surface area (Å²) in [6, 6.07) is 15.6. The zero-order chi connectivity index (χ0) is 13.5. The van der Waals surface area contributed by atoms with Gasteiger partial charge in [0.15, 0.2) is 0 Å². The highest BCUT2D eigenvalue weighted by atomic mass is 19.1. The Bertz CT molecular complexity index is 611. The van der Waals surface area contributed by atoms with Gasteiger partial charge in [-0.3, -0.25) is 0 Å². The molecule has 0 spiro atoms. The number of hydrogen-bond acceptors (Lipinski definition) is 2. The van der Waals surface area contributed by atoms with E-state index in [9.17, 15) is 4.39 Å². The number of rotatable bonds is 4. The summed E-state index contributed by atoms with van der Waals surface area (Å²) >= 11 is 0. The normalized spacial score (nSPS) is 10.3. The average molecular weight is 253 g/mol. The number of benzene rings is 2. The molecule has 2 rings (SSSR count). The molecule has 2 nitrogen and oxygen atoms in total. The second-order valence-corrected chi connectivity index (χ2v) is 3.95. The molecule has 0 fully saturated rings. The number of allylic oxidation sites excluding steroid dienone is 1. The minimum atomic E-state index is -0.257. The monoisotopic (exact) mass is 253 g/mol. The molecule has 2 aromatic rings. The van der Waals surface area contributed by atoms with Crippen molar-refractivity contribution in [2.45, 2.75) is 6.61 Å². The van der Waals surface area contributed by atoms with E-state index < -0.39 is 0 Å². The molecule has 0 heterocycles. The van der Waals surface area contributed by atoms with Crippen molar-refractivity contribution in [2.75, 3.05) is 0 Å². The molecule has 0 bridgehead atoms. The first-order valence-corrected chi connectivity index (χ1v) is 5.81. The van der Waals surface area contributed by atoms with Crippen LogP contribution in [-0.2, 0) is 6.61 Å². The second-order valence-electron chi connectivity index (χ2n) is 3.95. The van der Waals surface area contributed by atoms with Gasteiger partial charge in [-0.25, -0.2) is 4.39 Å². The number of nitrogens with zero attached hydrogens (tertiary/aromatic N) is 1. The van der Waals surface area contributed by atoms with E-state index in [0.29, 0.717) is 12.4 Å². The molecule has 0 radical (unpaired) electrons. The third kappa shape index (κ3) is 3.97. The van der Waals surface area contributed by atoms with Crippen molar-refractivity contribution < 1.29 is 9.13 Å². The van der Waals surface area contributed by atoms with E-state index in [1.807, 2.05) is 30.3 Å². The maximum Gasteiger partial charge on any atom is 0.123 e. The van der Waals surface area contributed by atoms with E-state index in [1.54, 1.807) is 18.2 Å². The van der Waals surface area contributed by atoms with Crippen molar-refractivity contribution in [1.29, 1.82) is 5.26 Å². The lowest BCUT2D eigenvalue weighted by molar-refractivity contribution is 0.306. The van der Waals surface area contributed by atoms with Crippen molar-refractivity contribution in [3.8, 4) is 11.8 Å². The van der Waals surface area contributed by atoms with Gasteiger partial charge in [-0.2, -0.15) is 5.26 Å². The van der Waals surface area contributed by atoms with Crippen LogP contribution in [0.15, 0.2) is 54.6 Å². The van der Waals surface area contributed by atoms with Gasteiger partial charge < -0.3 is 4.74 Å². The molecule has 3 heteroatoms. The second kappa shape index (κ2) is 6.36. The molecule has 0 N–H and O–H groups in total. The first-order valence-electron chi connectivity index (χ1n) is 5.81. The Morgan fingerprint density at radius 2 is 1.95 bits per heavy atom. The van der Waals surface area contributed by atoms with Crippen LogP contribution >= 0.6 is 0 Å². The van der Waals surface area contributed by atoms with Gasteiger partial charge in [0, 0.05) is 6.08 Å². The molecule has 2 aromatic carbocycles. The van der Waals surface area contributed by atoms with E-state index >= 15 is 0 Å². The highest BCUT2D eigenvalue weighted by Crippen LogP contribution is 2.16. The van der Waals surface area contributed by atoms with Crippen LogP contribution in [0.3, 0.4) is 0 Å². The molecule has 0 unspecified atom stereocenters. The average Bonchev–Trinajstić information content (AvgIpc) is 2.45. The number of hydrogen-bond donors (Lipinski definition) is 0. The van der Waals surface area contributed by atoms with E-state index in [0.717, 1.165) is 11.1 Å². The Balaban J connectivity index is 2.01. The zero-order valence-electron chi connectivity index (χ0n) is 10.2. The fourth-order valence-electron chi connectivity index (χ4n) is 1.59. The van der Waals surface area contributed by atoms with Crippen LogP contribution in [0.4, 0.5) is 4.39 Å². The summed E-state index contributed by atoms with van der Waals surface area (Å²) in [6.07, 6.45) is 3.13. The summed E-state index contributed by atoms with van der Waals surface area (Å²) < 4.78 is 18.4. The van der Waals surface area contributed by atoms with Crippen LogP contribution in [-0.4, -0.2) is 0 Å². The highest BCUT2D eigenvalue weighted by Gasteiger charge is 1.97. The molecular weight excluding hydrogens is 241 g/mol. The molecule has 94 valence electrons. The quantitative estimate of drug-likeness (QED) is 0.773. The predicted octanol–water partition coefficient (Wildman–Crippen LogP) is 3.94. The Morgan fingerprint density at radius 3 is 2.68 bits per heavy atom. The number of nitriles is 1. The van der Waals surface area contributed by atoms with Crippen LogP contribution in [0.5, 0.6) is 5.75 Å². The van der Waals surface area contributed by atoms with Crippen LogP contribution in [0.1, 0.15) is 11.1 Å². The molecule has 0 saturated carbocycles. The van der Waals surface area contributed by atoms with Crippen LogP contribution < -0.4 is 4.74 Å². The largest absolute Gasteiger partial charge is 0.489 e. The van der Waals surface area contributed by atoms with Gasteiger partial charge in [-0.15, -0.1) is 0 Å². The summed E-state index contributed by atoms with van der Waals surface area (Å²) in [5, 5.41) is 8.47. The molecule has 0 saturated heterocycles. The summed E-state index contributed by atoms with van der Waals surface area (Å²) in [6.45, 7) is 0.381. The first-order chi connectivity index (χ1) is 9.28. The van der Waals surface area contributed by atoms with E-state index in [2.05, 4.69) is 0 Å². The van der Waals surface area contributed by atoms with Gasteiger partial charge in [-0.1, -0.05) is 24.3 Å². The number of halogens is 1. The predicted molar refractivity (Wildman–Crippen MR) is 71.8 cm³/mol. The maximum atomic E-state index is 12.7. The molecule has 19 heavy (non-hydrogen) atoms. The first kappa shape index (κ1) is 12.8. The van der Waals surface area contributed by atoms with E-state index in [-0.39, 0.29) is 5.82 Å². The summed E-state index contributed by atoms with van der Waals surface area (Å²) in [5.74, 6) is 0.455. The fraction of sp³-hybridized carbons (Fsp3) is 0.0625. The smallest absolute Gasteiger partial charge is 0.123 e. The zero-order valence-corrected chi connectivity index (χ0v) is 10.2. The van der Waals surface area contributed by atoms with Crippen molar-refractivity contribution in [2.24, 2.45) is 0 Å². The molecule has 0 aliphatic carbocycles. The fourth-order valence-corrected chi connectivity index (χ4v) is 1.59. The van der Waals surface area contributed by atoms with Gasteiger partial charge in [0.25, 0.3) is 0 Å². The van der Waals surface area contributed by atoms with Crippen molar-refractivity contribution >= 4 is 6.08 Å². The summed E-state index contributed by atoms with van der Waals surface area (Å²) in [5.41, 5.74) is 1.80. The Labute approximate surface area is 111 Å². The van der Waals surface area contributed by atoms with Gasteiger partial charge >= 0.3 is 0 Å². The van der Waals surface area contributed by atoms with Gasteiger partial charge in [0.1, 0.15) is 18.2 Å². The lowest BCUT2D eigenvalue weighted by atomic mass is 10.2. The maximum absolute atomic E-state index is 12.7. The van der Waals surface area contributed by atoms with Gasteiger partial charge in [0.2, 0.25) is 0 Å². The molecule has 0 aromatic heterocycles. The minimum Gasteiger partial charge on any atom is -0.489 e. The molecule has 0 amide bonds. The molecule has 0 aliphatic heterocycles. The Morgan fingerprint density at radius 1 is 1.16 bits per heavy atom. The molecule has 0 aliphatic rings. The summed E-state index contributed by atoms with van der Waals surface area (Å²) in [4.78, 5) is 0. The van der Waals surface area contributed by atoms with E-state index in [1.165, 1.54) is 18.2 Å². The Hall–Kier alpha value is -2.60. The molecular formula is C16H12FNO. The van der Waals surface area contributed by atoms with Crippen molar-refractivity contribution in [1.82, 2.24) is 0 Å². The lowest BCUT2D eigenvalue weighted by Crippen LogP contribution is -1.95. The standard InChI is InChI=1S/C16H12FNO/c17-15-8-6-14(7-9-15)12-19-16-5-1-3-13(11-16)4-2-10-18/h1-9,11H,12H2/b4-2+. The Kier molecular flexibility index (Phi) is 4.30. The van der Waals surface area contributed by atoms with Crippen LogP contribution in [0.2, 0.25) is 0 Å². The van der Waals surface area contributed by atoms with Crippen molar-refractivity contribution in [3.05, 3.63) is 71.6 Å². The van der Waals surface area contributed by atoms with Gasteiger partial charge in [-0.05, 0) is 41.5 Å². The third-order valence-electron chi connectivity index (χ3n) is 2.53. The summed E-state index contributed by atoms with van der Waals surface area (Å²) in [7, 11) is 0. The lowest BCUT2D eigenvalue weighted by Gasteiger charge is -2.06. The van der Waals surface area contributed by atoms with Gasteiger partial charge in [0.05, 0.1) is 6.07 Å². The topological polar surface area (TPSA) is 33.0 Å². The van der Waals surface area contributed by atoms with Crippen molar-refractivity contribution in [3.63, 3.8) is 0 Å². The molecule has 0 atom stereocenters. The SMILES string of the molecule is N#C/C=C/c1cccc(OCc2ccc(F)cc2)c1. The van der Waals surface area contributed by atoms with Crippen LogP contribution in [0.25, 0.3) is 6.08 Å². The van der Waals surface area contributed by atoms with Crippen LogP contribution in [0, 0.1) is 17.1 Å². The van der Waals surface area contributed by atoms with E-state index in [4.69, 9.17) is 10.00 Å². The minimum absolute atomic E-state index is 0.257.